The van der Waals surface area contributed by atoms with Crippen LogP contribution < -0.4 is 5.73 Å². The molecule has 2 rings (SSSR count). The molecule has 4 heteroatoms. The summed E-state index contributed by atoms with van der Waals surface area (Å²) in [6.45, 7) is 2.07. The minimum atomic E-state index is -0.664. The van der Waals surface area contributed by atoms with Gasteiger partial charge in [0, 0.05) is 34.8 Å². The van der Waals surface area contributed by atoms with E-state index in [0.29, 0.717) is 0 Å². The van der Waals surface area contributed by atoms with Gasteiger partial charge in [-0.1, -0.05) is 0 Å². The molecule has 1 aromatic carbocycles. The van der Waals surface area contributed by atoms with E-state index >= 15 is 0 Å². The lowest BCUT2D eigenvalue weighted by Crippen LogP contribution is -2.12. The summed E-state index contributed by atoms with van der Waals surface area (Å²) in [4.78, 5) is 3.11. The van der Waals surface area contributed by atoms with E-state index in [9.17, 15) is 10.2 Å². The van der Waals surface area contributed by atoms with Gasteiger partial charge in [-0.05, 0) is 19.1 Å². The molecule has 0 radical (unpaired) electrons. The Kier molecular flexibility index (Phi) is 2.38. The van der Waals surface area contributed by atoms with Crippen LogP contribution >= 0.6 is 0 Å². The van der Waals surface area contributed by atoms with Gasteiger partial charge in [0.15, 0.2) is 0 Å². The maximum Gasteiger partial charge on any atom is 0.117 e. The Labute approximate surface area is 87.3 Å². The zero-order chi connectivity index (χ0) is 11.0. The van der Waals surface area contributed by atoms with Crippen molar-refractivity contribution in [3.63, 3.8) is 0 Å². The molecule has 0 spiro atoms. The van der Waals surface area contributed by atoms with Crippen LogP contribution in [0.15, 0.2) is 18.2 Å². The Balaban J connectivity index is 2.68. The van der Waals surface area contributed by atoms with Crippen LogP contribution in [0.2, 0.25) is 0 Å². The Bertz CT molecular complexity index is 491. The summed E-state index contributed by atoms with van der Waals surface area (Å²) in [5, 5.41) is 20.0. The lowest BCUT2D eigenvalue weighted by atomic mass is 10.1. The van der Waals surface area contributed by atoms with Gasteiger partial charge in [-0.25, -0.2) is 0 Å². The summed E-state index contributed by atoms with van der Waals surface area (Å²) in [5.41, 5.74) is 7.95. The summed E-state index contributed by atoms with van der Waals surface area (Å²) < 4.78 is 0. The van der Waals surface area contributed by atoms with Crippen LogP contribution in [0.5, 0.6) is 5.75 Å². The summed E-state index contributed by atoms with van der Waals surface area (Å²) in [7, 11) is 0. The molecule has 2 aromatic rings. The summed E-state index contributed by atoms with van der Waals surface area (Å²) in [5.74, 6) is 0.206. The minimum absolute atomic E-state index is 0.189. The fourth-order valence-electron chi connectivity index (χ4n) is 1.89. The zero-order valence-electron chi connectivity index (χ0n) is 8.49. The predicted octanol–water partition coefficient (Wildman–Crippen LogP) is 1.17. The molecular formula is C11H14N2O2. The van der Waals surface area contributed by atoms with Crippen LogP contribution in [0.3, 0.4) is 0 Å². The molecule has 1 aromatic heterocycles. The molecule has 1 heterocycles. The molecule has 1 unspecified atom stereocenters. The second-order valence-electron chi connectivity index (χ2n) is 3.65. The smallest absolute Gasteiger partial charge is 0.117 e. The Morgan fingerprint density at radius 1 is 1.47 bits per heavy atom. The minimum Gasteiger partial charge on any atom is -0.508 e. The first-order chi connectivity index (χ1) is 7.13. The third-order valence-corrected chi connectivity index (χ3v) is 2.58. The van der Waals surface area contributed by atoms with Crippen LogP contribution in [0, 0.1) is 6.92 Å². The number of aromatic nitrogens is 1. The first-order valence-electron chi connectivity index (χ1n) is 4.83. The van der Waals surface area contributed by atoms with Gasteiger partial charge in [0.2, 0.25) is 0 Å². The lowest BCUT2D eigenvalue weighted by molar-refractivity contribution is 0.187. The molecule has 0 saturated heterocycles. The van der Waals surface area contributed by atoms with Crippen LogP contribution in [-0.2, 0) is 0 Å². The molecule has 0 amide bonds. The third kappa shape index (κ3) is 1.58. The number of fused-ring (bicyclic) bond motifs is 1. The number of phenols is 1. The highest BCUT2D eigenvalue weighted by atomic mass is 16.3. The van der Waals surface area contributed by atoms with E-state index < -0.39 is 6.10 Å². The maximum atomic E-state index is 9.76. The van der Waals surface area contributed by atoms with Crippen molar-refractivity contribution in [1.82, 2.24) is 4.98 Å². The number of nitrogens with one attached hydrogen (secondary N) is 1. The number of aryl methyl sites for hydroxylation is 1. The number of nitrogens with two attached hydrogens (primary N) is 1. The van der Waals surface area contributed by atoms with Gasteiger partial charge < -0.3 is 20.9 Å². The van der Waals surface area contributed by atoms with E-state index in [-0.39, 0.29) is 12.3 Å². The molecule has 0 fully saturated rings. The Morgan fingerprint density at radius 3 is 2.87 bits per heavy atom. The van der Waals surface area contributed by atoms with Gasteiger partial charge in [-0.3, -0.25) is 0 Å². The fourth-order valence-corrected chi connectivity index (χ4v) is 1.89. The van der Waals surface area contributed by atoms with Crippen LogP contribution in [0.1, 0.15) is 17.4 Å². The van der Waals surface area contributed by atoms with E-state index in [1.54, 1.807) is 18.2 Å². The van der Waals surface area contributed by atoms with Crippen molar-refractivity contribution in [2.45, 2.75) is 13.0 Å². The van der Waals surface area contributed by atoms with Crippen LogP contribution in [0.25, 0.3) is 10.9 Å². The first-order valence-corrected chi connectivity index (χ1v) is 4.83. The lowest BCUT2D eigenvalue weighted by Gasteiger charge is -2.07. The SMILES string of the molecule is Cc1[nH]c2cc(O)ccc2c1C(O)CN. The van der Waals surface area contributed by atoms with Crippen molar-refractivity contribution in [1.29, 1.82) is 0 Å². The molecule has 4 nitrogen and oxygen atoms in total. The van der Waals surface area contributed by atoms with Gasteiger partial charge in [-0.15, -0.1) is 0 Å². The van der Waals surface area contributed by atoms with E-state index in [2.05, 4.69) is 4.98 Å². The highest BCUT2D eigenvalue weighted by Gasteiger charge is 2.15. The number of phenolic OH excluding ortho intramolecular Hbond substituents is 1. The normalized spacial score (nSPS) is 13.3. The zero-order valence-corrected chi connectivity index (χ0v) is 8.49. The molecule has 0 aliphatic carbocycles. The van der Waals surface area contributed by atoms with Gasteiger partial charge in [0.05, 0.1) is 6.10 Å². The number of hydrogen-bond donors (Lipinski definition) is 4. The number of benzene rings is 1. The van der Waals surface area contributed by atoms with Crippen LogP contribution in [0.4, 0.5) is 0 Å². The number of H-pyrrole nitrogens is 1. The van der Waals surface area contributed by atoms with E-state index in [0.717, 1.165) is 22.2 Å². The van der Waals surface area contributed by atoms with Gasteiger partial charge in [-0.2, -0.15) is 0 Å². The van der Waals surface area contributed by atoms with Crippen molar-refractivity contribution < 1.29 is 10.2 Å². The molecular weight excluding hydrogens is 192 g/mol. The number of aliphatic hydroxyl groups excluding tert-OH is 1. The number of rotatable bonds is 2. The molecule has 0 saturated carbocycles. The van der Waals surface area contributed by atoms with Crippen molar-refractivity contribution in [2.24, 2.45) is 5.73 Å². The van der Waals surface area contributed by atoms with Crippen molar-refractivity contribution in [3.8, 4) is 5.75 Å². The average Bonchev–Trinajstić information content (AvgIpc) is 2.52. The molecule has 0 bridgehead atoms. The van der Waals surface area contributed by atoms with Crippen LogP contribution in [-0.4, -0.2) is 21.7 Å². The summed E-state index contributed by atoms with van der Waals surface area (Å²) >= 11 is 0. The highest BCUT2D eigenvalue weighted by molar-refractivity contribution is 5.86. The fraction of sp³-hybridized carbons (Fsp3) is 0.273. The predicted molar refractivity (Wildman–Crippen MR) is 58.7 cm³/mol. The van der Waals surface area contributed by atoms with E-state index in [4.69, 9.17) is 5.73 Å². The molecule has 5 N–H and O–H groups in total. The van der Waals surface area contributed by atoms with E-state index in [1.165, 1.54) is 0 Å². The molecule has 15 heavy (non-hydrogen) atoms. The van der Waals surface area contributed by atoms with Gasteiger partial charge in [0.25, 0.3) is 0 Å². The van der Waals surface area contributed by atoms with E-state index in [1.807, 2.05) is 6.92 Å². The largest absolute Gasteiger partial charge is 0.508 e. The van der Waals surface area contributed by atoms with Crippen molar-refractivity contribution in [3.05, 3.63) is 29.5 Å². The number of aliphatic hydroxyl groups is 1. The topological polar surface area (TPSA) is 82.3 Å². The Morgan fingerprint density at radius 2 is 2.20 bits per heavy atom. The standard InChI is InChI=1S/C11H14N2O2/c1-6-11(10(15)5-12)8-3-2-7(14)4-9(8)13-6/h2-4,10,13-15H,5,12H2,1H3. The quantitative estimate of drug-likeness (QED) is 0.595. The van der Waals surface area contributed by atoms with Gasteiger partial charge >= 0.3 is 0 Å². The second-order valence-corrected chi connectivity index (χ2v) is 3.65. The molecule has 0 aliphatic rings. The number of hydrogen-bond acceptors (Lipinski definition) is 3. The molecule has 0 aliphatic heterocycles. The summed E-state index contributed by atoms with van der Waals surface area (Å²) in [6.07, 6.45) is -0.664. The summed E-state index contributed by atoms with van der Waals surface area (Å²) in [6, 6.07) is 5.01. The monoisotopic (exact) mass is 206 g/mol. The Hall–Kier alpha value is -1.52. The molecule has 1 atom stereocenters. The number of aromatic amines is 1. The molecule has 80 valence electrons. The third-order valence-electron chi connectivity index (χ3n) is 2.58. The second kappa shape index (κ2) is 3.56. The maximum absolute atomic E-state index is 9.76. The van der Waals surface area contributed by atoms with Crippen molar-refractivity contribution >= 4 is 10.9 Å². The number of aromatic hydroxyl groups is 1. The average molecular weight is 206 g/mol. The van der Waals surface area contributed by atoms with Crippen molar-refractivity contribution in [2.75, 3.05) is 6.54 Å². The van der Waals surface area contributed by atoms with Gasteiger partial charge in [0.1, 0.15) is 5.75 Å². The highest BCUT2D eigenvalue weighted by Crippen LogP contribution is 2.29. The first kappa shape index (κ1) is 10.0.